The van der Waals surface area contributed by atoms with Crippen LogP contribution in [0.1, 0.15) is 0 Å². The lowest BCUT2D eigenvalue weighted by Gasteiger charge is -2.23. The van der Waals surface area contributed by atoms with Crippen molar-refractivity contribution in [3.05, 3.63) is 28.7 Å². The molecule has 0 saturated carbocycles. The van der Waals surface area contributed by atoms with E-state index >= 15 is 0 Å². The van der Waals surface area contributed by atoms with E-state index in [1.54, 1.807) is 0 Å². The Morgan fingerprint density at radius 2 is 2.17 bits per heavy atom. The smallest absolute Gasteiger partial charge is 0.174 e. The maximum absolute atomic E-state index is 11.7. The van der Waals surface area contributed by atoms with Crippen LogP contribution in [0, 0.1) is 0 Å². The molecule has 7 heteroatoms. The lowest BCUT2D eigenvalue weighted by Crippen LogP contribution is -2.36. The van der Waals surface area contributed by atoms with Gasteiger partial charge in [-0.2, -0.15) is 0 Å². The number of halogens is 1. The summed E-state index contributed by atoms with van der Waals surface area (Å²) in [5.41, 5.74) is 0.923. The molecule has 0 spiro atoms. The Morgan fingerprint density at radius 3 is 2.89 bits per heavy atom. The van der Waals surface area contributed by atoms with Crippen molar-refractivity contribution in [1.82, 2.24) is 5.32 Å². The largest absolute Gasteiger partial charge is 0.356 e. The fourth-order valence-electron chi connectivity index (χ4n) is 2.53. The van der Waals surface area contributed by atoms with E-state index in [1.165, 1.54) is 0 Å². The minimum atomic E-state index is -2.96. The SMILES string of the molecule is O=S1(=O)C[C@H]2NC(=S)N(c3cccc(Br)c3)[C@H]2C1. The van der Waals surface area contributed by atoms with Crippen LogP contribution in [0.4, 0.5) is 5.69 Å². The molecule has 0 radical (unpaired) electrons. The first-order valence-corrected chi connectivity index (χ1v) is 8.54. The van der Waals surface area contributed by atoms with E-state index in [9.17, 15) is 8.42 Å². The van der Waals surface area contributed by atoms with Crippen molar-refractivity contribution in [2.75, 3.05) is 16.4 Å². The van der Waals surface area contributed by atoms with Gasteiger partial charge in [-0.1, -0.05) is 22.0 Å². The molecular weight excluding hydrogens is 336 g/mol. The van der Waals surface area contributed by atoms with Crippen molar-refractivity contribution < 1.29 is 8.42 Å². The summed E-state index contributed by atoms with van der Waals surface area (Å²) in [6.07, 6.45) is 0. The van der Waals surface area contributed by atoms with Crippen molar-refractivity contribution in [2.24, 2.45) is 0 Å². The van der Waals surface area contributed by atoms with E-state index in [1.807, 2.05) is 29.2 Å². The highest BCUT2D eigenvalue weighted by Gasteiger charge is 2.47. The van der Waals surface area contributed by atoms with Gasteiger partial charge in [0.25, 0.3) is 0 Å². The quantitative estimate of drug-likeness (QED) is 0.777. The molecule has 2 heterocycles. The maximum Gasteiger partial charge on any atom is 0.174 e. The number of fused-ring (bicyclic) bond motifs is 1. The minimum Gasteiger partial charge on any atom is -0.356 e. The molecule has 2 saturated heterocycles. The van der Waals surface area contributed by atoms with Gasteiger partial charge in [-0.3, -0.25) is 0 Å². The van der Waals surface area contributed by atoms with E-state index in [-0.39, 0.29) is 23.6 Å². The van der Waals surface area contributed by atoms with Crippen LogP contribution in [0.5, 0.6) is 0 Å². The van der Waals surface area contributed by atoms with Crippen molar-refractivity contribution in [1.29, 1.82) is 0 Å². The molecule has 1 aromatic rings. The van der Waals surface area contributed by atoms with Gasteiger partial charge in [0.15, 0.2) is 14.9 Å². The second-order valence-corrected chi connectivity index (χ2v) is 8.01. The summed E-state index contributed by atoms with van der Waals surface area (Å²) in [6, 6.07) is 7.56. The zero-order valence-electron chi connectivity index (χ0n) is 9.34. The summed E-state index contributed by atoms with van der Waals surface area (Å²) in [5, 5.41) is 3.71. The summed E-state index contributed by atoms with van der Waals surface area (Å²) in [4.78, 5) is 1.91. The maximum atomic E-state index is 11.7. The van der Waals surface area contributed by atoms with Crippen LogP contribution in [-0.2, 0) is 9.84 Å². The third-order valence-electron chi connectivity index (χ3n) is 3.27. The Balaban J connectivity index is 1.99. The third-order valence-corrected chi connectivity index (χ3v) is 5.79. The van der Waals surface area contributed by atoms with E-state index in [4.69, 9.17) is 12.2 Å². The van der Waals surface area contributed by atoms with Crippen molar-refractivity contribution in [3.8, 4) is 0 Å². The summed E-state index contributed by atoms with van der Waals surface area (Å²) < 4.78 is 24.3. The van der Waals surface area contributed by atoms with E-state index in [0.717, 1.165) is 10.2 Å². The highest BCUT2D eigenvalue weighted by molar-refractivity contribution is 9.10. The molecule has 2 fully saturated rings. The summed E-state index contributed by atoms with van der Waals surface area (Å²) >= 11 is 8.72. The van der Waals surface area contributed by atoms with E-state index in [0.29, 0.717) is 5.11 Å². The molecule has 3 rings (SSSR count). The Hall–Kier alpha value is -0.660. The highest BCUT2D eigenvalue weighted by atomic mass is 79.9. The minimum absolute atomic E-state index is 0.0820. The average molecular weight is 347 g/mol. The lowest BCUT2D eigenvalue weighted by molar-refractivity contribution is 0.600. The predicted octanol–water partition coefficient (Wildman–Crippen LogP) is 1.31. The molecule has 1 aromatic carbocycles. The average Bonchev–Trinajstić information content (AvgIpc) is 2.68. The third kappa shape index (κ3) is 2.04. The highest BCUT2D eigenvalue weighted by Crippen LogP contribution is 2.30. The van der Waals surface area contributed by atoms with Crippen LogP contribution in [0.25, 0.3) is 0 Å². The van der Waals surface area contributed by atoms with Crippen molar-refractivity contribution in [2.45, 2.75) is 12.1 Å². The van der Waals surface area contributed by atoms with Crippen LogP contribution < -0.4 is 10.2 Å². The molecule has 0 amide bonds. The molecule has 2 aliphatic rings. The van der Waals surface area contributed by atoms with Gasteiger partial charge in [0, 0.05) is 10.2 Å². The number of nitrogens with one attached hydrogen (secondary N) is 1. The Kier molecular flexibility index (Phi) is 2.87. The number of benzene rings is 1. The fraction of sp³-hybridized carbons (Fsp3) is 0.364. The predicted molar refractivity (Wildman–Crippen MR) is 78.6 cm³/mol. The zero-order chi connectivity index (χ0) is 12.9. The second kappa shape index (κ2) is 4.18. The van der Waals surface area contributed by atoms with Gasteiger partial charge in [0.2, 0.25) is 0 Å². The Morgan fingerprint density at radius 1 is 1.39 bits per heavy atom. The zero-order valence-corrected chi connectivity index (χ0v) is 12.6. The molecule has 2 atom stereocenters. The number of nitrogens with zero attached hydrogens (tertiary/aromatic N) is 1. The van der Waals surface area contributed by atoms with E-state index in [2.05, 4.69) is 21.2 Å². The standard InChI is InChI=1S/C11H11BrN2O2S2/c12-7-2-1-3-8(4-7)14-10-6-18(15,16)5-9(10)13-11(14)17/h1-4,9-10H,5-6H2,(H,13,17)/t9-,10+/m1/s1. The van der Waals surface area contributed by atoms with Gasteiger partial charge in [-0.15, -0.1) is 0 Å². The number of sulfone groups is 1. The van der Waals surface area contributed by atoms with Crippen LogP contribution in [0.3, 0.4) is 0 Å². The van der Waals surface area contributed by atoms with Crippen molar-refractivity contribution in [3.63, 3.8) is 0 Å². The molecule has 1 N–H and O–H groups in total. The molecule has 0 bridgehead atoms. The molecule has 18 heavy (non-hydrogen) atoms. The molecule has 2 aliphatic heterocycles. The first-order valence-electron chi connectivity index (χ1n) is 5.52. The molecule has 0 aliphatic carbocycles. The molecule has 4 nitrogen and oxygen atoms in total. The van der Waals surface area contributed by atoms with E-state index < -0.39 is 9.84 Å². The summed E-state index contributed by atoms with van der Waals surface area (Å²) in [5.74, 6) is 0.333. The molecule has 0 unspecified atom stereocenters. The Bertz CT molecular complexity index is 617. The molecular formula is C11H11BrN2O2S2. The summed E-state index contributed by atoms with van der Waals surface area (Å²) in [7, 11) is -2.96. The first-order chi connectivity index (χ1) is 8.46. The first kappa shape index (κ1) is 12.4. The fourth-order valence-corrected chi connectivity index (χ4v) is 5.20. The topological polar surface area (TPSA) is 49.4 Å². The lowest BCUT2D eigenvalue weighted by atomic mass is 10.1. The monoisotopic (exact) mass is 346 g/mol. The van der Waals surface area contributed by atoms with Gasteiger partial charge in [0.05, 0.1) is 23.6 Å². The van der Waals surface area contributed by atoms with Gasteiger partial charge >= 0.3 is 0 Å². The number of thiocarbonyl (C=S) groups is 1. The molecule has 0 aromatic heterocycles. The normalized spacial score (nSPS) is 29.2. The molecule has 96 valence electrons. The number of hydrogen-bond donors (Lipinski definition) is 1. The van der Waals surface area contributed by atoms with Gasteiger partial charge < -0.3 is 10.2 Å². The Labute approximate surface area is 119 Å². The van der Waals surface area contributed by atoms with Crippen LogP contribution in [0.15, 0.2) is 28.7 Å². The van der Waals surface area contributed by atoms with Gasteiger partial charge in [-0.25, -0.2) is 8.42 Å². The summed E-state index contributed by atoms with van der Waals surface area (Å²) in [6.45, 7) is 0. The number of rotatable bonds is 1. The van der Waals surface area contributed by atoms with Gasteiger partial charge in [0.1, 0.15) is 0 Å². The second-order valence-electron chi connectivity index (χ2n) is 4.55. The number of hydrogen-bond acceptors (Lipinski definition) is 3. The van der Waals surface area contributed by atoms with Crippen LogP contribution in [-0.4, -0.2) is 37.1 Å². The van der Waals surface area contributed by atoms with Crippen LogP contribution in [0.2, 0.25) is 0 Å². The van der Waals surface area contributed by atoms with Crippen molar-refractivity contribution >= 4 is 48.8 Å². The van der Waals surface area contributed by atoms with Crippen LogP contribution >= 0.6 is 28.1 Å². The van der Waals surface area contributed by atoms with Gasteiger partial charge in [-0.05, 0) is 30.4 Å². The number of anilines is 1.